The molecular weight excluding hydrogens is 505 g/mol. The molecule has 3 N–H and O–H groups in total. The Kier molecular flexibility index (Phi) is 6.30. The summed E-state index contributed by atoms with van der Waals surface area (Å²) in [7, 11) is 1.89. The van der Waals surface area contributed by atoms with Gasteiger partial charge in [0.25, 0.3) is 5.91 Å². The number of hydrogen-bond acceptors (Lipinski definition) is 5. The lowest BCUT2D eigenvalue weighted by Crippen LogP contribution is -2.47. The Morgan fingerprint density at radius 3 is 2.59 bits per heavy atom. The topological polar surface area (TPSA) is 89.1 Å². The van der Waals surface area contributed by atoms with Gasteiger partial charge in [0.05, 0.1) is 12.1 Å². The molecule has 0 radical (unpaired) electrons. The molecule has 1 atom stereocenters. The Bertz CT molecular complexity index is 1410. The van der Waals surface area contributed by atoms with Gasteiger partial charge in [0, 0.05) is 42.3 Å². The van der Waals surface area contributed by atoms with E-state index in [1.54, 1.807) is 18.5 Å². The molecule has 0 spiro atoms. The zero-order valence-corrected chi connectivity index (χ0v) is 22.1. The lowest BCUT2D eigenvalue weighted by atomic mass is 9.70. The maximum atomic E-state index is 14.2. The first-order valence-electron chi connectivity index (χ1n) is 13.5. The Morgan fingerprint density at radius 1 is 1.21 bits per heavy atom. The van der Waals surface area contributed by atoms with Gasteiger partial charge in [-0.15, -0.1) is 10.2 Å². The van der Waals surface area contributed by atoms with E-state index in [1.165, 1.54) is 11.0 Å². The standard InChI is InChI=1S/C29H33F3N6O/c1-28(7-4-8-28)34-14-17-9-22-23(24(10-17)29(30,31)32)15-38(27(22)39)21-6-3-5-18(13-21)25(19-11-20(33)12-19)26-36-35-16-37(26)2/h3,5-6,9-10,13,16,19-20,25,34H,4,7-8,11-12,14-15,33H2,1-2H3/t19?,20?,25-/m1/s1. The predicted octanol–water partition coefficient (Wildman–Crippen LogP) is 4.90. The Morgan fingerprint density at radius 2 is 1.97 bits per heavy atom. The molecule has 1 aromatic heterocycles. The summed E-state index contributed by atoms with van der Waals surface area (Å²) in [4.78, 5) is 15.1. The largest absolute Gasteiger partial charge is 0.416 e. The number of aromatic nitrogens is 3. The fraction of sp³-hybridized carbons (Fsp3) is 0.483. The quantitative estimate of drug-likeness (QED) is 0.447. The van der Waals surface area contributed by atoms with Gasteiger partial charge < -0.3 is 20.5 Å². The van der Waals surface area contributed by atoms with Crippen molar-refractivity contribution in [3.8, 4) is 0 Å². The van der Waals surface area contributed by atoms with Crippen LogP contribution >= 0.6 is 0 Å². The molecule has 2 fully saturated rings. The number of amides is 1. The monoisotopic (exact) mass is 538 g/mol. The maximum absolute atomic E-state index is 14.2. The van der Waals surface area contributed by atoms with E-state index < -0.39 is 17.6 Å². The lowest BCUT2D eigenvalue weighted by Gasteiger charge is -2.39. The van der Waals surface area contributed by atoms with Crippen molar-refractivity contribution in [2.24, 2.45) is 18.7 Å². The van der Waals surface area contributed by atoms with Gasteiger partial charge in [-0.3, -0.25) is 4.79 Å². The summed E-state index contributed by atoms with van der Waals surface area (Å²) in [6.07, 6.45) is 1.89. The number of nitrogens with two attached hydrogens (primary N) is 1. The van der Waals surface area contributed by atoms with Crippen LogP contribution in [-0.2, 0) is 26.3 Å². The van der Waals surface area contributed by atoms with Crippen molar-refractivity contribution in [3.05, 3.63) is 76.4 Å². The van der Waals surface area contributed by atoms with Crippen LogP contribution in [0.25, 0.3) is 0 Å². The number of aryl methyl sites for hydroxylation is 1. The van der Waals surface area contributed by atoms with Gasteiger partial charge in [-0.2, -0.15) is 13.2 Å². The second-order valence-corrected chi connectivity index (χ2v) is 11.7. The van der Waals surface area contributed by atoms with Crippen LogP contribution < -0.4 is 16.0 Å². The van der Waals surface area contributed by atoms with Gasteiger partial charge in [0.1, 0.15) is 12.2 Å². The molecule has 7 nitrogen and oxygen atoms in total. The van der Waals surface area contributed by atoms with Gasteiger partial charge in [0.2, 0.25) is 0 Å². The van der Waals surface area contributed by atoms with Crippen molar-refractivity contribution < 1.29 is 18.0 Å². The number of carbonyl (C=O) groups excluding carboxylic acids is 1. The average molecular weight is 539 g/mol. The van der Waals surface area contributed by atoms with Crippen molar-refractivity contribution in [1.29, 1.82) is 0 Å². The first-order valence-corrected chi connectivity index (χ1v) is 13.5. The summed E-state index contributed by atoms with van der Waals surface area (Å²) in [6.45, 7) is 2.25. The molecule has 0 bridgehead atoms. The third-order valence-corrected chi connectivity index (χ3v) is 8.83. The molecule has 6 rings (SSSR count). The molecule has 3 aromatic rings. The minimum absolute atomic E-state index is 0.0336. The van der Waals surface area contributed by atoms with Crippen LogP contribution in [0, 0.1) is 5.92 Å². The number of rotatable bonds is 7. The van der Waals surface area contributed by atoms with E-state index in [2.05, 4.69) is 22.4 Å². The van der Waals surface area contributed by atoms with Crippen LogP contribution in [-0.4, -0.2) is 32.3 Å². The highest BCUT2D eigenvalue weighted by molar-refractivity contribution is 6.10. The fourth-order valence-electron chi connectivity index (χ4n) is 6.30. The maximum Gasteiger partial charge on any atom is 0.416 e. The van der Waals surface area contributed by atoms with Crippen molar-refractivity contribution in [2.45, 2.75) is 75.8 Å². The van der Waals surface area contributed by atoms with Crippen molar-refractivity contribution in [2.75, 3.05) is 4.90 Å². The third kappa shape index (κ3) is 4.74. The molecule has 206 valence electrons. The van der Waals surface area contributed by atoms with Gasteiger partial charge in [-0.25, -0.2) is 0 Å². The zero-order chi connectivity index (χ0) is 27.5. The van der Waals surface area contributed by atoms with Crippen LogP contribution in [0.2, 0.25) is 0 Å². The number of halogens is 3. The van der Waals surface area contributed by atoms with Gasteiger partial charge >= 0.3 is 6.18 Å². The van der Waals surface area contributed by atoms with E-state index in [0.29, 0.717) is 17.8 Å². The summed E-state index contributed by atoms with van der Waals surface area (Å²) < 4.78 is 44.4. The summed E-state index contributed by atoms with van der Waals surface area (Å²) in [5, 5.41) is 11.8. The highest BCUT2D eigenvalue weighted by Crippen LogP contribution is 2.44. The average Bonchev–Trinajstić information content (AvgIpc) is 3.43. The second kappa shape index (κ2) is 9.45. The SMILES string of the molecule is Cn1cnnc1[C@H](c1cccc(N2Cc3c(cc(CNC4(C)CCC4)cc3C(F)(F)F)C2=O)c1)C1CC(N)C1. The predicted molar refractivity (Wildman–Crippen MR) is 141 cm³/mol. The molecular formula is C29H33F3N6O. The number of fused-ring (bicyclic) bond motifs is 1. The number of anilines is 1. The second-order valence-electron chi connectivity index (χ2n) is 11.7. The number of nitrogens with zero attached hydrogens (tertiary/aromatic N) is 4. The van der Waals surface area contributed by atoms with E-state index in [1.807, 2.05) is 29.8 Å². The molecule has 0 saturated heterocycles. The smallest absolute Gasteiger partial charge is 0.328 e. The molecule has 3 aliphatic rings. The van der Waals surface area contributed by atoms with E-state index in [-0.39, 0.29) is 41.1 Å². The molecule has 2 heterocycles. The molecule has 10 heteroatoms. The highest BCUT2D eigenvalue weighted by Gasteiger charge is 2.42. The van der Waals surface area contributed by atoms with E-state index in [4.69, 9.17) is 5.73 Å². The normalized spacial score (nSPS) is 22.8. The zero-order valence-electron chi connectivity index (χ0n) is 22.1. The molecule has 1 amide bonds. The van der Waals surface area contributed by atoms with Gasteiger partial charge in [0.15, 0.2) is 0 Å². The van der Waals surface area contributed by atoms with Gasteiger partial charge in [-0.1, -0.05) is 12.1 Å². The minimum atomic E-state index is -4.56. The molecule has 2 aliphatic carbocycles. The van der Waals surface area contributed by atoms with Crippen molar-refractivity contribution in [3.63, 3.8) is 0 Å². The van der Waals surface area contributed by atoms with Crippen LogP contribution in [0.1, 0.15) is 83.4 Å². The van der Waals surface area contributed by atoms with E-state index in [9.17, 15) is 18.0 Å². The molecule has 39 heavy (non-hydrogen) atoms. The number of carbonyl (C=O) groups is 1. The minimum Gasteiger partial charge on any atom is -0.328 e. The Balaban J connectivity index is 1.33. The molecule has 2 saturated carbocycles. The highest BCUT2D eigenvalue weighted by atomic mass is 19.4. The summed E-state index contributed by atoms with van der Waals surface area (Å²) in [6, 6.07) is 10.5. The lowest BCUT2D eigenvalue weighted by molar-refractivity contribution is -0.138. The molecule has 1 aliphatic heterocycles. The summed E-state index contributed by atoms with van der Waals surface area (Å²) >= 11 is 0. The van der Waals surface area contributed by atoms with Crippen LogP contribution in [0.15, 0.2) is 42.7 Å². The van der Waals surface area contributed by atoms with Crippen molar-refractivity contribution >= 4 is 11.6 Å². The van der Waals surface area contributed by atoms with E-state index >= 15 is 0 Å². The van der Waals surface area contributed by atoms with Gasteiger partial charge in [-0.05, 0) is 85.9 Å². The third-order valence-electron chi connectivity index (χ3n) is 8.83. The number of alkyl halides is 3. The van der Waals surface area contributed by atoms with Crippen LogP contribution in [0.3, 0.4) is 0 Å². The van der Waals surface area contributed by atoms with E-state index in [0.717, 1.165) is 43.5 Å². The van der Waals surface area contributed by atoms with Crippen LogP contribution in [0.5, 0.6) is 0 Å². The Hall–Kier alpha value is -3.24. The Labute approximate surface area is 225 Å². The fourth-order valence-corrected chi connectivity index (χ4v) is 6.30. The first kappa shape index (κ1) is 26.0. The molecule has 2 aromatic carbocycles. The summed E-state index contributed by atoms with van der Waals surface area (Å²) in [5.41, 5.74) is 7.45. The number of nitrogens with one attached hydrogen (secondary N) is 1. The van der Waals surface area contributed by atoms with Crippen LogP contribution in [0.4, 0.5) is 18.9 Å². The number of hydrogen-bond donors (Lipinski definition) is 2. The first-order chi connectivity index (χ1) is 18.5. The number of benzene rings is 2. The summed E-state index contributed by atoms with van der Waals surface area (Å²) in [5.74, 6) is 0.588. The van der Waals surface area contributed by atoms with Crippen molar-refractivity contribution in [1.82, 2.24) is 20.1 Å². The molecule has 0 unspecified atom stereocenters.